The van der Waals surface area contributed by atoms with E-state index in [9.17, 15) is 9.59 Å². The monoisotopic (exact) mass is 368 g/mol. The minimum atomic E-state index is -1.10. The van der Waals surface area contributed by atoms with E-state index in [0.717, 1.165) is 0 Å². The number of carboxylic acid groups (broad SMARTS) is 2. The van der Waals surface area contributed by atoms with Gasteiger partial charge in [0.15, 0.2) is 8.32 Å². The molecule has 0 unspecified atom stereocenters. The minimum absolute atomic E-state index is 0.125. The average Bonchev–Trinajstić information content (AvgIpc) is 2.38. The zero-order valence-electron chi connectivity index (χ0n) is 15.0. The van der Waals surface area contributed by atoms with Gasteiger partial charge >= 0.3 is 11.9 Å². The fraction of sp³-hybridized carbons (Fsp3) is 0.571. The molecular weight excluding hydrogens is 336 g/mol. The summed E-state index contributed by atoms with van der Waals surface area (Å²) < 4.78 is 5.51. The second kappa shape index (κ2) is 18.8. The summed E-state index contributed by atoms with van der Waals surface area (Å²) in [4.78, 5) is 19.2. The Balaban J connectivity index is -0.000000107. The molecule has 4 N–H and O–H groups in total. The molecule has 0 saturated carbocycles. The third-order valence-electron chi connectivity index (χ3n) is 1.41. The molecule has 0 amide bonds. The van der Waals surface area contributed by atoms with E-state index in [1.807, 2.05) is 0 Å². The number of hydrogen-bond donors (Lipinski definition) is 4. The lowest BCUT2D eigenvalue weighted by Crippen LogP contribution is -2.26. The summed E-state index contributed by atoms with van der Waals surface area (Å²) in [5.74, 6) is -1.87. The van der Waals surface area contributed by atoms with Crippen LogP contribution < -0.4 is 0 Å². The Kier molecular flexibility index (Phi) is 24.3. The molecule has 0 aromatic carbocycles. The van der Waals surface area contributed by atoms with Crippen LogP contribution in [0.2, 0.25) is 26.2 Å². The van der Waals surface area contributed by atoms with Gasteiger partial charge in [0.25, 0.3) is 0 Å². The summed E-state index contributed by atoms with van der Waals surface area (Å²) in [6.07, 6.45) is 0. The molecular formula is C14H32O7Si2. The van der Waals surface area contributed by atoms with Crippen LogP contribution in [0.1, 0.15) is 13.8 Å². The quantitative estimate of drug-likeness (QED) is 0.425. The van der Waals surface area contributed by atoms with Crippen LogP contribution in [0.3, 0.4) is 0 Å². The van der Waals surface area contributed by atoms with Crippen LogP contribution in [0.5, 0.6) is 0 Å². The summed E-state index contributed by atoms with van der Waals surface area (Å²) in [7, 11) is -1.22. The number of hydrogen-bond acceptors (Lipinski definition) is 5. The first kappa shape index (κ1) is 29.7. The third kappa shape index (κ3) is 52.9. The van der Waals surface area contributed by atoms with E-state index in [0.29, 0.717) is 0 Å². The van der Waals surface area contributed by atoms with Gasteiger partial charge in [-0.05, 0) is 33.5 Å². The van der Waals surface area contributed by atoms with Crippen molar-refractivity contribution < 1.29 is 34.1 Å². The highest BCUT2D eigenvalue weighted by molar-refractivity contribution is 6.73. The van der Waals surface area contributed by atoms with Gasteiger partial charge in [0.2, 0.25) is 0 Å². The van der Waals surface area contributed by atoms with Crippen molar-refractivity contribution >= 4 is 30.0 Å². The van der Waals surface area contributed by atoms with Gasteiger partial charge in [0.05, 0.1) is 13.2 Å². The van der Waals surface area contributed by atoms with Gasteiger partial charge in [-0.1, -0.05) is 19.7 Å². The zero-order valence-corrected chi connectivity index (χ0v) is 17.5. The van der Waals surface area contributed by atoms with Crippen molar-refractivity contribution in [2.75, 3.05) is 13.2 Å². The smallest absolute Gasteiger partial charge is 0.330 e. The largest absolute Gasteiger partial charge is 0.478 e. The van der Waals surface area contributed by atoms with Gasteiger partial charge in [-0.15, -0.1) is 0 Å². The predicted molar refractivity (Wildman–Crippen MR) is 97.9 cm³/mol. The molecule has 0 saturated heterocycles. The molecule has 7 nitrogen and oxygen atoms in total. The summed E-state index contributed by atoms with van der Waals surface area (Å²) in [6, 6.07) is 0. The SMILES string of the molecule is C=C(C)C(=O)O.C=C(C)C(=O)O.C[SiH2]O[Si](C)(C)C.OCCO. The van der Waals surface area contributed by atoms with Crippen molar-refractivity contribution in [3.05, 3.63) is 24.3 Å². The maximum Gasteiger partial charge on any atom is 0.330 e. The van der Waals surface area contributed by atoms with Gasteiger partial charge < -0.3 is 24.5 Å². The minimum Gasteiger partial charge on any atom is -0.478 e. The van der Waals surface area contributed by atoms with E-state index in [2.05, 4.69) is 39.3 Å². The maximum atomic E-state index is 9.60. The fourth-order valence-electron chi connectivity index (χ4n) is 0.433. The first-order valence-electron chi connectivity index (χ1n) is 6.89. The average molecular weight is 369 g/mol. The van der Waals surface area contributed by atoms with Crippen LogP contribution in [-0.4, -0.2) is 63.7 Å². The van der Waals surface area contributed by atoms with Crippen molar-refractivity contribution in [1.29, 1.82) is 0 Å². The van der Waals surface area contributed by atoms with Gasteiger partial charge in [-0.3, -0.25) is 0 Å². The molecule has 0 radical (unpaired) electrons. The lowest BCUT2D eigenvalue weighted by atomic mass is 10.4. The molecule has 0 aliphatic heterocycles. The molecule has 0 fully saturated rings. The maximum absolute atomic E-state index is 9.60. The number of rotatable bonds is 5. The van der Waals surface area contributed by atoms with E-state index in [4.69, 9.17) is 24.5 Å². The standard InChI is InChI=1S/2C4H6O2.C4H14OSi2.C2H6O2/c2*1-3(2)4(5)6;1-6-5-7(2,3)4;3-1-2-4/h2*1H2,2H3,(H,5,6);6H2,1-4H3;3-4H,1-2H2. The fourth-order valence-corrected chi connectivity index (χ4v) is 3.90. The lowest BCUT2D eigenvalue weighted by molar-refractivity contribution is -0.133. The second-order valence-electron chi connectivity index (χ2n) is 5.16. The molecule has 9 heteroatoms. The predicted octanol–water partition coefficient (Wildman–Crippen LogP) is 1.23. The molecule has 138 valence electrons. The number of carboxylic acids is 2. The van der Waals surface area contributed by atoms with Crippen LogP contribution in [-0.2, 0) is 13.7 Å². The van der Waals surface area contributed by atoms with E-state index < -0.39 is 20.3 Å². The Morgan fingerprint density at radius 2 is 1.17 bits per heavy atom. The number of aliphatic hydroxyl groups excluding tert-OH is 2. The summed E-state index contributed by atoms with van der Waals surface area (Å²) >= 11 is 0. The molecule has 0 heterocycles. The Morgan fingerprint density at radius 3 is 1.17 bits per heavy atom. The van der Waals surface area contributed by atoms with Crippen molar-refractivity contribution in [3.8, 4) is 0 Å². The Labute approximate surface area is 142 Å². The van der Waals surface area contributed by atoms with Crippen molar-refractivity contribution in [2.24, 2.45) is 0 Å². The Hall–Kier alpha value is -1.27. The van der Waals surface area contributed by atoms with Crippen LogP contribution in [0.4, 0.5) is 0 Å². The highest BCUT2D eigenvalue weighted by Crippen LogP contribution is 1.99. The molecule has 0 aliphatic carbocycles. The van der Waals surface area contributed by atoms with Crippen molar-refractivity contribution in [1.82, 2.24) is 0 Å². The number of aliphatic carboxylic acids is 2. The molecule has 0 aliphatic rings. The topological polar surface area (TPSA) is 124 Å². The van der Waals surface area contributed by atoms with Gasteiger partial charge in [-0.25, -0.2) is 9.59 Å². The summed E-state index contributed by atoms with van der Waals surface area (Å²) in [5, 5.41) is 31.0. The number of carbonyl (C=O) groups is 2. The van der Waals surface area contributed by atoms with Crippen LogP contribution in [0.15, 0.2) is 24.3 Å². The van der Waals surface area contributed by atoms with Crippen LogP contribution >= 0.6 is 0 Å². The Morgan fingerprint density at radius 1 is 0.957 bits per heavy atom. The number of aliphatic hydroxyl groups is 2. The summed E-state index contributed by atoms with van der Waals surface area (Å²) in [6.45, 7) is 17.8. The highest BCUT2D eigenvalue weighted by Gasteiger charge is 2.10. The van der Waals surface area contributed by atoms with Crippen LogP contribution in [0, 0.1) is 0 Å². The first-order valence-corrected chi connectivity index (χ1v) is 12.3. The molecule has 23 heavy (non-hydrogen) atoms. The van der Waals surface area contributed by atoms with E-state index in [1.165, 1.54) is 13.8 Å². The molecule has 0 aromatic heterocycles. The van der Waals surface area contributed by atoms with E-state index in [1.54, 1.807) is 0 Å². The van der Waals surface area contributed by atoms with Crippen LogP contribution in [0.25, 0.3) is 0 Å². The molecule has 0 rings (SSSR count). The van der Waals surface area contributed by atoms with E-state index in [-0.39, 0.29) is 34.1 Å². The van der Waals surface area contributed by atoms with Crippen molar-refractivity contribution in [3.63, 3.8) is 0 Å². The van der Waals surface area contributed by atoms with E-state index >= 15 is 0 Å². The third-order valence-corrected chi connectivity index (χ3v) is 6.03. The molecule has 0 atom stereocenters. The molecule has 0 spiro atoms. The van der Waals surface area contributed by atoms with Gasteiger partial charge in [-0.2, -0.15) is 0 Å². The second-order valence-corrected chi connectivity index (χ2v) is 11.1. The Bertz CT molecular complexity index is 300. The van der Waals surface area contributed by atoms with Gasteiger partial charge in [0, 0.05) is 11.1 Å². The summed E-state index contributed by atoms with van der Waals surface area (Å²) in [5.41, 5.74) is 0.352. The normalized spacial score (nSPS) is 9.39. The molecule has 0 aromatic rings. The zero-order chi connectivity index (χ0) is 19.6. The highest BCUT2D eigenvalue weighted by atomic mass is 28.4. The molecule has 0 bridgehead atoms. The van der Waals surface area contributed by atoms with Gasteiger partial charge in [0.1, 0.15) is 9.76 Å². The van der Waals surface area contributed by atoms with Crippen molar-refractivity contribution in [2.45, 2.75) is 40.0 Å². The first-order chi connectivity index (χ1) is 10.3. The lowest BCUT2D eigenvalue weighted by Gasteiger charge is -2.14.